The molecule has 0 aliphatic heterocycles. The van der Waals surface area contributed by atoms with Gasteiger partial charge >= 0.3 is 6.18 Å². The molecule has 1 unspecified atom stereocenters. The summed E-state index contributed by atoms with van der Waals surface area (Å²) >= 11 is 0. The Kier molecular flexibility index (Phi) is 3.62. The Morgan fingerprint density at radius 3 is 2.31 bits per heavy atom. The van der Waals surface area contributed by atoms with Crippen molar-refractivity contribution < 1.29 is 13.2 Å². The molecule has 1 aromatic heterocycles. The maximum absolute atomic E-state index is 12.9. The van der Waals surface area contributed by atoms with Gasteiger partial charge in [0.1, 0.15) is 5.69 Å². The van der Waals surface area contributed by atoms with Gasteiger partial charge in [0.15, 0.2) is 0 Å². The molecule has 0 aliphatic rings. The van der Waals surface area contributed by atoms with Crippen LogP contribution in [-0.2, 0) is 12.6 Å². The predicted octanol–water partition coefficient (Wildman–Crippen LogP) is 2.37. The molecule has 0 spiro atoms. The van der Waals surface area contributed by atoms with Crippen LogP contribution in [0, 0.1) is 0 Å². The van der Waals surface area contributed by atoms with Crippen LogP contribution in [-0.4, -0.2) is 15.8 Å². The van der Waals surface area contributed by atoms with Gasteiger partial charge in [-0.05, 0) is 27.2 Å². The lowest BCUT2D eigenvalue weighted by atomic mass is 10.1. The largest absolute Gasteiger partial charge is 0.433 e. The Hall–Kier alpha value is -1.04. The summed E-state index contributed by atoms with van der Waals surface area (Å²) in [6.07, 6.45) is -2.95. The molecule has 16 heavy (non-hydrogen) atoms. The van der Waals surface area contributed by atoms with E-state index >= 15 is 0 Å². The quantitative estimate of drug-likeness (QED) is 0.874. The molecule has 0 fully saturated rings. The average molecular weight is 235 g/mol. The summed E-state index contributed by atoms with van der Waals surface area (Å²) in [5.74, 6) is 0. The SMILES string of the molecule is CC(N)Cc1cnn(C(C)C)c1C(F)(F)F. The van der Waals surface area contributed by atoms with E-state index in [1.807, 2.05) is 0 Å². The second-order valence-electron chi connectivity index (χ2n) is 4.24. The molecule has 0 aliphatic carbocycles. The number of hydrogen-bond donors (Lipinski definition) is 1. The summed E-state index contributed by atoms with van der Waals surface area (Å²) in [6.45, 7) is 5.00. The van der Waals surface area contributed by atoms with Crippen molar-refractivity contribution in [2.75, 3.05) is 0 Å². The summed E-state index contributed by atoms with van der Waals surface area (Å²) in [6, 6.07) is -0.635. The molecule has 0 bridgehead atoms. The van der Waals surface area contributed by atoms with Gasteiger partial charge in [0.05, 0.1) is 6.20 Å². The van der Waals surface area contributed by atoms with Crippen molar-refractivity contribution in [2.24, 2.45) is 5.73 Å². The van der Waals surface area contributed by atoms with E-state index in [9.17, 15) is 13.2 Å². The van der Waals surface area contributed by atoms with Gasteiger partial charge in [-0.15, -0.1) is 0 Å². The minimum atomic E-state index is -4.38. The second-order valence-corrected chi connectivity index (χ2v) is 4.24. The van der Waals surface area contributed by atoms with Crippen molar-refractivity contribution in [2.45, 2.75) is 45.5 Å². The number of hydrogen-bond acceptors (Lipinski definition) is 2. The number of halogens is 3. The molecule has 0 saturated carbocycles. The van der Waals surface area contributed by atoms with Crippen molar-refractivity contribution in [1.29, 1.82) is 0 Å². The van der Waals surface area contributed by atoms with E-state index in [4.69, 9.17) is 5.73 Å². The van der Waals surface area contributed by atoms with Crippen molar-refractivity contribution in [1.82, 2.24) is 9.78 Å². The Bertz CT molecular complexity index is 353. The molecule has 0 radical (unpaired) electrons. The van der Waals surface area contributed by atoms with E-state index in [0.29, 0.717) is 0 Å². The Morgan fingerprint density at radius 2 is 1.94 bits per heavy atom. The van der Waals surface area contributed by atoms with Crippen molar-refractivity contribution >= 4 is 0 Å². The predicted molar refractivity (Wildman–Crippen MR) is 55.0 cm³/mol. The van der Waals surface area contributed by atoms with Gasteiger partial charge in [0.2, 0.25) is 0 Å². The van der Waals surface area contributed by atoms with Crippen molar-refractivity contribution in [3.63, 3.8) is 0 Å². The Balaban J connectivity index is 3.20. The summed E-state index contributed by atoms with van der Waals surface area (Å²) < 4.78 is 39.6. The van der Waals surface area contributed by atoms with Crippen LogP contribution in [0.15, 0.2) is 6.20 Å². The zero-order valence-electron chi connectivity index (χ0n) is 9.54. The highest BCUT2D eigenvalue weighted by Gasteiger charge is 2.38. The highest BCUT2D eigenvalue weighted by atomic mass is 19.4. The topological polar surface area (TPSA) is 43.8 Å². The standard InChI is InChI=1S/C10H16F3N3/c1-6(2)16-9(10(11,12)13)8(5-15-16)4-7(3)14/h5-7H,4,14H2,1-3H3. The van der Waals surface area contributed by atoms with Crippen LogP contribution >= 0.6 is 0 Å². The van der Waals surface area contributed by atoms with Gasteiger partial charge in [0.25, 0.3) is 0 Å². The number of nitrogens with two attached hydrogens (primary N) is 1. The maximum Gasteiger partial charge on any atom is 0.433 e. The second kappa shape index (κ2) is 4.45. The molecular weight excluding hydrogens is 219 g/mol. The summed E-state index contributed by atoms with van der Waals surface area (Å²) in [5, 5.41) is 3.78. The fraction of sp³-hybridized carbons (Fsp3) is 0.700. The molecule has 0 aromatic carbocycles. The molecule has 3 nitrogen and oxygen atoms in total. The van der Waals surface area contributed by atoms with Gasteiger partial charge in [-0.2, -0.15) is 18.3 Å². The summed E-state index contributed by atoms with van der Waals surface area (Å²) in [7, 11) is 0. The van der Waals surface area contributed by atoms with Crippen LogP contribution in [0.5, 0.6) is 0 Å². The highest BCUT2D eigenvalue weighted by Crippen LogP contribution is 2.33. The van der Waals surface area contributed by atoms with Crippen molar-refractivity contribution in [3.05, 3.63) is 17.5 Å². The molecule has 1 heterocycles. The Labute approximate surface area is 92.4 Å². The third kappa shape index (κ3) is 2.75. The molecule has 1 atom stereocenters. The van der Waals surface area contributed by atoms with E-state index in [0.717, 1.165) is 4.68 Å². The van der Waals surface area contributed by atoms with E-state index in [-0.39, 0.29) is 24.1 Å². The van der Waals surface area contributed by atoms with Gasteiger partial charge in [-0.25, -0.2) is 0 Å². The first-order valence-corrected chi connectivity index (χ1v) is 5.12. The normalized spacial score (nSPS) is 14.5. The third-order valence-electron chi connectivity index (χ3n) is 2.17. The average Bonchev–Trinajstić information content (AvgIpc) is 2.45. The van der Waals surface area contributed by atoms with Gasteiger partial charge < -0.3 is 5.73 Å². The third-order valence-corrected chi connectivity index (χ3v) is 2.17. The molecular formula is C10H16F3N3. The molecule has 0 amide bonds. The van der Waals surface area contributed by atoms with E-state index in [1.54, 1.807) is 20.8 Å². The van der Waals surface area contributed by atoms with E-state index in [2.05, 4.69) is 5.10 Å². The molecule has 0 saturated heterocycles. The summed E-state index contributed by atoms with van der Waals surface area (Å²) in [4.78, 5) is 0. The number of nitrogens with zero attached hydrogens (tertiary/aromatic N) is 2. The smallest absolute Gasteiger partial charge is 0.328 e. The van der Waals surface area contributed by atoms with Crippen LogP contribution in [0.1, 0.15) is 38.1 Å². The van der Waals surface area contributed by atoms with Crippen LogP contribution in [0.25, 0.3) is 0 Å². The van der Waals surface area contributed by atoms with Crippen LogP contribution in [0.2, 0.25) is 0 Å². The highest BCUT2D eigenvalue weighted by molar-refractivity contribution is 5.22. The van der Waals surface area contributed by atoms with E-state index < -0.39 is 11.9 Å². The number of rotatable bonds is 3. The first kappa shape index (κ1) is 13.0. The zero-order chi connectivity index (χ0) is 12.5. The van der Waals surface area contributed by atoms with Gasteiger partial charge in [-0.3, -0.25) is 4.68 Å². The van der Waals surface area contributed by atoms with Crippen molar-refractivity contribution in [3.8, 4) is 0 Å². The molecule has 1 rings (SSSR count). The van der Waals surface area contributed by atoms with E-state index in [1.165, 1.54) is 6.20 Å². The number of aromatic nitrogens is 2. The lowest BCUT2D eigenvalue weighted by molar-refractivity contribution is -0.145. The molecule has 1 aromatic rings. The minimum Gasteiger partial charge on any atom is -0.328 e. The fourth-order valence-corrected chi connectivity index (χ4v) is 1.60. The molecule has 2 N–H and O–H groups in total. The van der Waals surface area contributed by atoms with Gasteiger partial charge in [0, 0.05) is 17.6 Å². The van der Waals surface area contributed by atoms with Crippen LogP contribution in [0.3, 0.4) is 0 Å². The minimum absolute atomic E-state index is 0.163. The lowest BCUT2D eigenvalue weighted by Crippen LogP contribution is -2.22. The fourth-order valence-electron chi connectivity index (χ4n) is 1.60. The van der Waals surface area contributed by atoms with Crippen LogP contribution in [0.4, 0.5) is 13.2 Å². The van der Waals surface area contributed by atoms with Gasteiger partial charge in [-0.1, -0.05) is 0 Å². The molecule has 92 valence electrons. The Morgan fingerprint density at radius 1 is 1.38 bits per heavy atom. The van der Waals surface area contributed by atoms with Crippen LogP contribution < -0.4 is 5.73 Å². The maximum atomic E-state index is 12.9. The monoisotopic (exact) mass is 235 g/mol. The molecule has 6 heteroatoms. The lowest BCUT2D eigenvalue weighted by Gasteiger charge is -2.15. The number of alkyl halides is 3. The first-order valence-electron chi connectivity index (χ1n) is 5.12. The zero-order valence-corrected chi connectivity index (χ0v) is 9.54. The summed E-state index contributed by atoms with van der Waals surface area (Å²) in [5.41, 5.74) is 5.00. The first-order chi connectivity index (χ1) is 7.23.